The van der Waals surface area contributed by atoms with Crippen molar-refractivity contribution in [2.45, 2.75) is 6.54 Å². The van der Waals surface area contributed by atoms with E-state index in [0.717, 1.165) is 22.9 Å². The Morgan fingerprint density at radius 3 is 2.67 bits per heavy atom. The zero-order valence-electron chi connectivity index (χ0n) is 13.0. The fraction of sp³-hybridized carbons (Fsp3) is 0.176. The van der Waals surface area contributed by atoms with Gasteiger partial charge < -0.3 is 10.6 Å². The molecule has 0 aliphatic carbocycles. The summed E-state index contributed by atoms with van der Waals surface area (Å²) in [5, 5.41) is 5.35. The van der Waals surface area contributed by atoms with Crippen molar-refractivity contribution in [2.75, 3.05) is 17.3 Å². The van der Waals surface area contributed by atoms with Gasteiger partial charge in [-0.2, -0.15) is 0 Å². The molecule has 0 unspecified atom stereocenters. The number of anilines is 1. The van der Waals surface area contributed by atoms with Crippen molar-refractivity contribution < 1.29 is 18.0 Å². The summed E-state index contributed by atoms with van der Waals surface area (Å²) in [7, 11) is -3.37. The van der Waals surface area contributed by atoms with Crippen LogP contribution >= 0.6 is 0 Å². The van der Waals surface area contributed by atoms with Gasteiger partial charge in [0.15, 0.2) is 9.84 Å². The SMILES string of the molecule is CS(=O)(=O)CC(=O)Nc1cccc(-c2ccc3c(c2)CNC3=O)c1. The average molecular weight is 344 g/mol. The second kappa shape index (κ2) is 6.09. The Labute approximate surface area is 139 Å². The summed E-state index contributed by atoms with van der Waals surface area (Å²) in [6.07, 6.45) is 1.02. The first-order valence-electron chi connectivity index (χ1n) is 7.31. The van der Waals surface area contributed by atoms with Crippen LogP contribution in [0.5, 0.6) is 0 Å². The van der Waals surface area contributed by atoms with E-state index in [1.807, 2.05) is 18.2 Å². The van der Waals surface area contributed by atoms with E-state index in [9.17, 15) is 18.0 Å². The van der Waals surface area contributed by atoms with Gasteiger partial charge in [-0.1, -0.05) is 18.2 Å². The van der Waals surface area contributed by atoms with Crippen molar-refractivity contribution in [1.82, 2.24) is 5.32 Å². The van der Waals surface area contributed by atoms with Gasteiger partial charge in [-0.25, -0.2) is 8.42 Å². The first-order valence-corrected chi connectivity index (χ1v) is 9.37. The topological polar surface area (TPSA) is 92.3 Å². The van der Waals surface area contributed by atoms with Crippen LogP contribution in [0.1, 0.15) is 15.9 Å². The molecule has 1 aliphatic heterocycles. The fourth-order valence-electron chi connectivity index (χ4n) is 2.62. The van der Waals surface area contributed by atoms with Crippen LogP contribution in [0.4, 0.5) is 5.69 Å². The molecule has 0 atom stereocenters. The molecule has 1 aliphatic rings. The highest BCUT2D eigenvalue weighted by molar-refractivity contribution is 7.91. The Bertz CT molecular complexity index is 935. The Hall–Kier alpha value is -2.67. The van der Waals surface area contributed by atoms with Crippen molar-refractivity contribution >= 4 is 27.3 Å². The van der Waals surface area contributed by atoms with Crippen LogP contribution in [0.3, 0.4) is 0 Å². The third-order valence-corrected chi connectivity index (χ3v) is 4.45. The second-order valence-electron chi connectivity index (χ2n) is 5.75. The Morgan fingerprint density at radius 1 is 1.17 bits per heavy atom. The number of benzene rings is 2. The van der Waals surface area contributed by atoms with E-state index in [-0.39, 0.29) is 5.91 Å². The monoisotopic (exact) mass is 344 g/mol. The highest BCUT2D eigenvalue weighted by atomic mass is 32.2. The standard InChI is InChI=1S/C17H16N2O4S/c1-24(22,23)10-16(20)19-14-4-2-3-11(8-14)12-5-6-15-13(7-12)9-18-17(15)21/h2-8H,9-10H2,1H3,(H,18,21)(H,19,20). The zero-order chi connectivity index (χ0) is 17.3. The minimum absolute atomic E-state index is 0.0710. The van der Waals surface area contributed by atoms with Crippen molar-refractivity contribution in [3.63, 3.8) is 0 Å². The molecule has 2 aromatic rings. The number of fused-ring (bicyclic) bond motifs is 1. The lowest BCUT2D eigenvalue weighted by Crippen LogP contribution is -2.21. The van der Waals surface area contributed by atoms with Gasteiger partial charge in [0.2, 0.25) is 5.91 Å². The number of carbonyl (C=O) groups is 2. The van der Waals surface area contributed by atoms with Crippen LogP contribution in [0.2, 0.25) is 0 Å². The Balaban J connectivity index is 1.83. The predicted octanol–water partition coefficient (Wildman–Crippen LogP) is 1.58. The second-order valence-corrected chi connectivity index (χ2v) is 7.89. The van der Waals surface area contributed by atoms with Gasteiger partial charge in [0.1, 0.15) is 5.75 Å². The zero-order valence-corrected chi connectivity index (χ0v) is 13.8. The van der Waals surface area contributed by atoms with E-state index < -0.39 is 21.5 Å². The largest absolute Gasteiger partial charge is 0.348 e. The first-order chi connectivity index (χ1) is 11.3. The quantitative estimate of drug-likeness (QED) is 0.881. The maximum Gasteiger partial charge on any atom is 0.251 e. The molecule has 0 spiro atoms. The van der Waals surface area contributed by atoms with Gasteiger partial charge in [0.25, 0.3) is 5.91 Å². The van der Waals surface area contributed by atoms with Crippen molar-refractivity contribution in [3.05, 3.63) is 53.6 Å². The molecule has 0 radical (unpaired) electrons. The van der Waals surface area contributed by atoms with Crippen molar-refractivity contribution in [2.24, 2.45) is 0 Å². The van der Waals surface area contributed by atoms with Gasteiger partial charge in [-0.15, -0.1) is 0 Å². The van der Waals surface area contributed by atoms with Crippen LogP contribution in [0.15, 0.2) is 42.5 Å². The third kappa shape index (κ3) is 3.62. The lowest BCUT2D eigenvalue weighted by Gasteiger charge is -2.08. The summed E-state index contributed by atoms with van der Waals surface area (Å²) in [4.78, 5) is 23.3. The molecule has 0 saturated heterocycles. The molecule has 0 bridgehead atoms. The van der Waals surface area contributed by atoms with E-state index in [1.54, 1.807) is 24.3 Å². The third-order valence-electron chi connectivity index (χ3n) is 3.66. The molecule has 0 aromatic heterocycles. The molecule has 6 nitrogen and oxygen atoms in total. The number of sulfone groups is 1. The number of hydrogen-bond acceptors (Lipinski definition) is 4. The molecule has 0 fully saturated rings. The summed E-state index contributed by atoms with van der Waals surface area (Å²) in [5.41, 5.74) is 3.93. The molecule has 1 heterocycles. The Morgan fingerprint density at radius 2 is 1.92 bits per heavy atom. The minimum atomic E-state index is -3.37. The number of amides is 2. The molecule has 7 heteroatoms. The van der Waals surface area contributed by atoms with Crippen molar-refractivity contribution in [1.29, 1.82) is 0 Å². The maximum atomic E-state index is 11.7. The summed E-state index contributed by atoms with van der Waals surface area (Å²) in [6, 6.07) is 12.7. The molecule has 24 heavy (non-hydrogen) atoms. The first kappa shape index (κ1) is 16.2. The van der Waals surface area contributed by atoms with E-state index in [0.29, 0.717) is 17.8 Å². The van der Waals surface area contributed by atoms with Crippen LogP contribution in [0.25, 0.3) is 11.1 Å². The molecular formula is C17H16N2O4S. The van der Waals surface area contributed by atoms with E-state index >= 15 is 0 Å². The molecular weight excluding hydrogens is 328 g/mol. The highest BCUT2D eigenvalue weighted by Gasteiger charge is 2.18. The van der Waals surface area contributed by atoms with Gasteiger partial charge in [-0.05, 0) is 41.0 Å². The normalized spacial score (nSPS) is 13.3. The van der Waals surface area contributed by atoms with E-state index in [2.05, 4.69) is 10.6 Å². The van der Waals surface area contributed by atoms with Crippen LogP contribution in [0, 0.1) is 0 Å². The van der Waals surface area contributed by atoms with Crippen LogP contribution in [-0.2, 0) is 21.2 Å². The summed E-state index contributed by atoms with van der Waals surface area (Å²) >= 11 is 0. The summed E-state index contributed by atoms with van der Waals surface area (Å²) < 4.78 is 22.3. The number of hydrogen-bond donors (Lipinski definition) is 2. The average Bonchev–Trinajstić information content (AvgIpc) is 2.86. The summed E-state index contributed by atoms with van der Waals surface area (Å²) in [6.45, 7) is 0.507. The fourth-order valence-corrected chi connectivity index (χ4v) is 3.17. The maximum absolute atomic E-state index is 11.7. The van der Waals surface area contributed by atoms with Gasteiger partial charge >= 0.3 is 0 Å². The smallest absolute Gasteiger partial charge is 0.251 e. The number of carbonyl (C=O) groups excluding carboxylic acids is 2. The van der Waals surface area contributed by atoms with Crippen LogP contribution < -0.4 is 10.6 Å². The van der Waals surface area contributed by atoms with Gasteiger partial charge in [-0.3, -0.25) is 9.59 Å². The molecule has 2 amide bonds. The van der Waals surface area contributed by atoms with Crippen LogP contribution in [-0.4, -0.2) is 32.2 Å². The molecule has 124 valence electrons. The summed E-state index contributed by atoms with van der Waals surface area (Å²) in [5.74, 6) is -1.19. The molecule has 2 aromatic carbocycles. The number of nitrogens with one attached hydrogen (secondary N) is 2. The van der Waals surface area contributed by atoms with E-state index in [4.69, 9.17) is 0 Å². The molecule has 2 N–H and O–H groups in total. The molecule has 0 saturated carbocycles. The van der Waals surface area contributed by atoms with E-state index in [1.165, 1.54) is 0 Å². The van der Waals surface area contributed by atoms with Gasteiger partial charge in [0, 0.05) is 24.1 Å². The predicted molar refractivity (Wildman–Crippen MR) is 91.4 cm³/mol. The van der Waals surface area contributed by atoms with Crippen molar-refractivity contribution in [3.8, 4) is 11.1 Å². The lowest BCUT2D eigenvalue weighted by atomic mass is 10.00. The Kier molecular flexibility index (Phi) is 4.11. The molecule has 3 rings (SSSR count). The van der Waals surface area contributed by atoms with Gasteiger partial charge in [0.05, 0.1) is 0 Å². The number of rotatable bonds is 4. The minimum Gasteiger partial charge on any atom is -0.348 e. The lowest BCUT2D eigenvalue weighted by molar-refractivity contribution is -0.113. The highest BCUT2D eigenvalue weighted by Crippen LogP contribution is 2.27.